The van der Waals surface area contributed by atoms with Crippen LogP contribution in [0.3, 0.4) is 0 Å². The van der Waals surface area contributed by atoms with Gasteiger partial charge < -0.3 is 0 Å². The van der Waals surface area contributed by atoms with Gasteiger partial charge in [-0.2, -0.15) is 26.3 Å². The summed E-state index contributed by atoms with van der Waals surface area (Å²) in [5.74, 6) is -0.470. The molecule has 1 aliphatic rings. The van der Waals surface area contributed by atoms with Crippen molar-refractivity contribution in [2.75, 3.05) is 13.2 Å². The van der Waals surface area contributed by atoms with Crippen LogP contribution in [0, 0.1) is 5.82 Å². The van der Waals surface area contributed by atoms with Crippen LogP contribution in [0.4, 0.5) is 30.7 Å². The molecule has 1 N–H and O–H groups in total. The molecule has 1 fully saturated rings. The second-order valence-electron chi connectivity index (χ2n) is 9.78. The molecule has 0 bridgehead atoms. The van der Waals surface area contributed by atoms with E-state index in [0.29, 0.717) is 30.8 Å². The maximum atomic E-state index is 13.7. The molecular weight excluding hydrogens is 608 g/mol. The number of alkyl halides is 6. The van der Waals surface area contributed by atoms with Crippen LogP contribution in [-0.2, 0) is 33.6 Å². The van der Waals surface area contributed by atoms with E-state index in [0.717, 1.165) is 16.6 Å². The Morgan fingerprint density at radius 1 is 1.00 bits per heavy atom. The van der Waals surface area contributed by atoms with Crippen LogP contribution in [0.2, 0.25) is 11.4 Å². The zero-order valence-corrected chi connectivity index (χ0v) is 23.7. The number of H-pyrrole nitrogens is 1. The number of nitrogens with zero attached hydrogens (tertiary/aromatic N) is 3. The Morgan fingerprint density at radius 3 is 2.17 bits per heavy atom. The minimum absolute atomic E-state index is 0.0754. The summed E-state index contributed by atoms with van der Waals surface area (Å²) in [6.45, 7) is 2.29. The van der Waals surface area contributed by atoms with Gasteiger partial charge in [0, 0.05) is 0 Å². The van der Waals surface area contributed by atoms with Gasteiger partial charge in [0.1, 0.15) is 0 Å². The number of benzene rings is 2. The maximum absolute atomic E-state index is 13.7. The molecule has 0 radical (unpaired) electrons. The first-order chi connectivity index (χ1) is 18.7. The van der Waals surface area contributed by atoms with E-state index in [4.69, 9.17) is 9.47 Å². The molecule has 14 heteroatoms. The molecular formula is C26H28AsF7N4O2. The van der Waals surface area contributed by atoms with Gasteiger partial charge in [-0.3, -0.25) is 0 Å². The number of ether oxygens (including phenoxy) is 2. The van der Waals surface area contributed by atoms with Crippen molar-refractivity contribution in [3.8, 4) is 0 Å². The van der Waals surface area contributed by atoms with Crippen LogP contribution in [0.25, 0.3) is 0 Å². The van der Waals surface area contributed by atoms with Crippen LogP contribution in [0.1, 0.15) is 52.7 Å². The van der Waals surface area contributed by atoms with Crippen LogP contribution in [0.15, 0.2) is 42.5 Å². The van der Waals surface area contributed by atoms with E-state index in [1.807, 2.05) is 4.90 Å². The Hall–Kier alpha value is -2.47. The summed E-state index contributed by atoms with van der Waals surface area (Å²) in [5.41, 5.74) is 3.36. The van der Waals surface area contributed by atoms with Gasteiger partial charge in [0.05, 0.1) is 0 Å². The van der Waals surface area contributed by atoms with Gasteiger partial charge in [-0.05, 0) is 6.07 Å². The fourth-order valence-electron chi connectivity index (χ4n) is 4.52. The Morgan fingerprint density at radius 2 is 1.60 bits per heavy atom. The second-order valence-corrected chi connectivity index (χ2v) is 15.0. The van der Waals surface area contributed by atoms with Crippen LogP contribution in [-0.4, -0.2) is 54.4 Å². The molecule has 40 heavy (non-hydrogen) atoms. The predicted octanol–water partition coefficient (Wildman–Crippen LogP) is 6.49. The Bertz CT molecular complexity index is 1250. The van der Waals surface area contributed by atoms with Crippen molar-refractivity contribution in [2.24, 2.45) is 0 Å². The average molecular weight is 636 g/mol. The molecule has 2 unspecified atom stereocenters. The van der Waals surface area contributed by atoms with E-state index in [9.17, 15) is 30.7 Å². The molecule has 0 spiro atoms. The fraction of sp³-hybridized carbons (Fsp3) is 0.462. The van der Waals surface area contributed by atoms with E-state index in [1.165, 1.54) is 19.1 Å². The molecule has 1 aliphatic heterocycles. The van der Waals surface area contributed by atoms with Crippen molar-refractivity contribution < 1.29 is 40.2 Å². The number of halogens is 7. The van der Waals surface area contributed by atoms with E-state index in [-0.39, 0.29) is 18.2 Å². The summed E-state index contributed by atoms with van der Waals surface area (Å²) >= 11 is -1.09. The topological polar surface area (TPSA) is 63.3 Å². The molecule has 2 heterocycles. The monoisotopic (exact) mass is 636 g/mol. The van der Waals surface area contributed by atoms with Crippen LogP contribution >= 0.6 is 0 Å². The molecule has 0 saturated carbocycles. The molecule has 2 aromatic carbocycles. The number of nitrogens with one attached hydrogen (secondary N) is 1. The number of aromatic amines is 1. The SMILES string of the molecule is C[C@@H](OC1OCCN(Cc2n[nH]nc2C[As](C)C)C1c1ccc(F)cc1)c1cc(C(F)(F)F)cc(C(F)(F)F)c1. The number of hydrogen-bond donors (Lipinski definition) is 1. The Balaban J connectivity index is 1.66. The first kappa shape index (κ1) is 30.5. The second kappa shape index (κ2) is 12.2. The Labute approximate surface area is 231 Å². The van der Waals surface area contributed by atoms with Gasteiger partial charge in [-0.15, -0.1) is 0 Å². The standard InChI is InChI=1S/C26H28AsF7N4O2/c1-15(17-10-18(25(29,30)31)12-19(11-17)26(32,33)34)40-24-23(16-4-6-20(28)7-5-16)38(8-9-39-24)14-22-21(13-27(2)3)35-37-36-22/h4-7,10-12,15,23-24H,8-9,13-14H2,1-3H3,(H,35,36,37)/t15-,23?,24?/m1/s1. The summed E-state index contributed by atoms with van der Waals surface area (Å²) in [7, 11) is 0. The van der Waals surface area contributed by atoms with Crippen molar-refractivity contribution >= 4 is 14.7 Å². The van der Waals surface area contributed by atoms with Crippen molar-refractivity contribution in [3.05, 3.63) is 81.9 Å². The van der Waals surface area contributed by atoms with Gasteiger partial charge >= 0.3 is 199 Å². The van der Waals surface area contributed by atoms with Crippen molar-refractivity contribution in [1.82, 2.24) is 20.3 Å². The molecule has 218 valence electrons. The number of hydrogen-bond acceptors (Lipinski definition) is 5. The summed E-state index contributed by atoms with van der Waals surface area (Å²) < 4.78 is 106. The van der Waals surface area contributed by atoms with E-state index < -0.39 is 62.4 Å². The van der Waals surface area contributed by atoms with Gasteiger partial charge in [0.15, 0.2) is 0 Å². The van der Waals surface area contributed by atoms with Crippen molar-refractivity contribution in [3.63, 3.8) is 0 Å². The Kier molecular flexibility index (Phi) is 9.28. The predicted molar refractivity (Wildman–Crippen MR) is 133 cm³/mol. The number of morpholine rings is 1. The van der Waals surface area contributed by atoms with Crippen LogP contribution < -0.4 is 0 Å². The first-order valence-electron chi connectivity index (χ1n) is 12.3. The molecule has 6 nitrogen and oxygen atoms in total. The van der Waals surface area contributed by atoms with Crippen LogP contribution in [0.5, 0.6) is 0 Å². The fourth-order valence-corrected chi connectivity index (χ4v) is 6.31. The van der Waals surface area contributed by atoms with E-state index in [2.05, 4.69) is 26.8 Å². The molecule has 1 aromatic heterocycles. The molecule has 0 aliphatic carbocycles. The quantitative estimate of drug-likeness (QED) is 0.226. The third-order valence-electron chi connectivity index (χ3n) is 6.46. The van der Waals surface area contributed by atoms with Crippen molar-refractivity contribution in [1.29, 1.82) is 0 Å². The van der Waals surface area contributed by atoms with Gasteiger partial charge in [0.2, 0.25) is 0 Å². The van der Waals surface area contributed by atoms with Gasteiger partial charge in [-0.1, -0.05) is 0 Å². The average Bonchev–Trinajstić information content (AvgIpc) is 3.29. The van der Waals surface area contributed by atoms with E-state index in [1.54, 1.807) is 12.1 Å². The normalized spacial score (nSPS) is 19.8. The zero-order chi connectivity index (χ0) is 29.2. The molecule has 3 aromatic rings. The van der Waals surface area contributed by atoms with Crippen molar-refractivity contribution in [2.45, 2.75) is 60.9 Å². The molecule has 3 atom stereocenters. The number of rotatable bonds is 8. The summed E-state index contributed by atoms with van der Waals surface area (Å²) in [5, 5.41) is 12.0. The molecule has 1 saturated heterocycles. The first-order valence-corrected chi connectivity index (χ1v) is 17.4. The minimum atomic E-state index is -4.99. The summed E-state index contributed by atoms with van der Waals surface area (Å²) in [6, 6.07) is 6.31. The third kappa shape index (κ3) is 7.43. The van der Waals surface area contributed by atoms with Gasteiger partial charge in [0.25, 0.3) is 0 Å². The third-order valence-corrected chi connectivity index (χ3v) is 8.42. The number of aromatic nitrogens is 3. The zero-order valence-electron chi connectivity index (χ0n) is 21.9. The summed E-state index contributed by atoms with van der Waals surface area (Å²) in [4.78, 5) is 1.98. The van der Waals surface area contributed by atoms with E-state index >= 15 is 0 Å². The molecule has 4 rings (SSSR count). The summed E-state index contributed by atoms with van der Waals surface area (Å²) in [6.07, 6.45) is -12.3. The molecule has 0 amide bonds. The van der Waals surface area contributed by atoms with Gasteiger partial charge in [-0.25, -0.2) is 0 Å².